The minimum atomic E-state index is -0.845. The van der Waals surface area contributed by atoms with Crippen LogP contribution in [-0.4, -0.2) is 18.3 Å². The largest absolute Gasteiger partial charge is 0.502 e. The number of hydrogen-bond acceptors (Lipinski definition) is 6. The third kappa shape index (κ3) is 5.40. The van der Waals surface area contributed by atoms with E-state index in [0.717, 1.165) is 16.9 Å². The zero-order chi connectivity index (χ0) is 22.7. The molecule has 0 aromatic heterocycles. The van der Waals surface area contributed by atoms with E-state index in [2.05, 4.69) is 29.7 Å². The van der Waals surface area contributed by atoms with E-state index >= 15 is 0 Å². The number of aromatic hydroxyl groups is 1. The molecule has 0 heterocycles. The molecular formula is C26H31ClN2O4. The van der Waals surface area contributed by atoms with Gasteiger partial charge in [0, 0.05) is 11.7 Å². The molecule has 0 spiro atoms. The van der Waals surface area contributed by atoms with Gasteiger partial charge in [0.15, 0.2) is 5.75 Å². The molecule has 3 aromatic rings. The first-order valence-corrected chi connectivity index (χ1v) is 11.3. The number of nitrogens with one attached hydrogen (secondary N) is 2. The lowest BCUT2D eigenvalue weighted by molar-refractivity contribution is 0.272. The highest BCUT2D eigenvalue weighted by atomic mass is 35.5. The summed E-state index contributed by atoms with van der Waals surface area (Å²) in [5.74, 6) is 0.946. The molecule has 0 radical (unpaired) electrons. The molecule has 0 saturated heterocycles. The lowest BCUT2D eigenvalue weighted by atomic mass is 9.83. The maximum Gasteiger partial charge on any atom is 0.271 e. The predicted octanol–water partition coefficient (Wildman–Crippen LogP) is 4.81. The zero-order valence-corrected chi connectivity index (χ0v) is 19.8. The highest BCUT2D eigenvalue weighted by Crippen LogP contribution is 2.32. The Balaban J connectivity index is 0.00000306. The molecule has 2 atom stereocenters. The third-order valence-electron chi connectivity index (χ3n) is 6.61. The molecule has 4 rings (SSSR count). The number of halogens is 1. The fourth-order valence-corrected chi connectivity index (χ4v) is 4.65. The van der Waals surface area contributed by atoms with E-state index in [9.17, 15) is 14.7 Å². The molecule has 176 valence electrons. The standard InChI is InChI=1S/C26H30N2O4.ClH/c1-16(17-7-4-3-5-8-17)27-22(18-11-13-21(32-2)14-12-18)19-9-6-10-20(15-19)28-23-24(29)26(31)25(23)30;/h6,9-17,22,27-29H,3-5,7-8H2,1-2H3;1H/t16-,22?;/m0./s1. The molecule has 3 N–H and O–H groups in total. The van der Waals surface area contributed by atoms with Gasteiger partial charge in [0.05, 0.1) is 13.2 Å². The molecule has 1 aliphatic carbocycles. The van der Waals surface area contributed by atoms with Gasteiger partial charge in [-0.1, -0.05) is 43.5 Å². The average Bonchev–Trinajstić information content (AvgIpc) is 2.85. The van der Waals surface area contributed by atoms with E-state index in [-0.39, 0.29) is 24.1 Å². The van der Waals surface area contributed by atoms with Crippen LogP contribution in [0.3, 0.4) is 0 Å². The normalized spacial score (nSPS) is 16.1. The summed E-state index contributed by atoms with van der Waals surface area (Å²) in [5.41, 5.74) is 1.21. The number of hydrogen-bond donors (Lipinski definition) is 3. The van der Waals surface area contributed by atoms with Crippen LogP contribution < -0.4 is 26.2 Å². The molecule has 6 nitrogen and oxygen atoms in total. The Bertz CT molecular complexity index is 1130. The smallest absolute Gasteiger partial charge is 0.271 e. The van der Waals surface area contributed by atoms with E-state index in [1.807, 2.05) is 36.4 Å². The number of rotatable bonds is 8. The van der Waals surface area contributed by atoms with Crippen molar-refractivity contribution < 1.29 is 9.84 Å². The van der Waals surface area contributed by atoms with Crippen molar-refractivity contribution in [1.29, 1.82) is 0 Å². The van der Waals surface area contributed by atoms with E-state index in [4.69, 9.17) is 4.74 Å². The first-order valence-electron chi connectivity index (χ1n) is 11.3. The van der Waals surface area contributed by atoms with Crippen LogP contribution in [0, 0.1) is 5.92 Å². The Morgan fingerprint density at radius 1 is 0.970 bits per heavy atom. The van der Waals surface area contributed by atoms with E-state index < -0.39 is 16.6 Å². The number of ether oxygens (including phenoxy) is 1. The SMILES string of the molecule is COc1ccc(C(N[C@@H](C)C2CCCCC2)c2cccc(Nc3c(O)c(=O)c3=O)c2)cc1.Cl. The molecule has 1 unspecified atom stereocenters. The average molecular weight is 471 g/mol. The summed E-state index contributed by atoms with van der Waals surface area (Å²) >= 11 is 0. The zero-order valence-electron chi connectivity index (χ0n) is 19.0. The summed E-state index contributed by atoms with van der Waals surface area (Å²) < 4.78 is 5.32. The van der Waals surface area contributed by atoms with Crippen molar-refractivity contribution in [2.45, 2.75) is 51.1 Å². The summed E-state index contributed by atoms with van der Waals surface area (Å²) in [6, 6.07) is 16.0. The van der Waals surface area contributed by atoms with Crippen LogP contribution in [0.15, 0.2) is 58.1 Å². The minimum Gasteiger partial charge on any atom is -0.502 e. The summed E-state index contributed by atoms with van der Waals surface area (Å²) in [5, 5.41) is 16.4. The van der Waals surface area contributed by atoms with Crippen LogP contribution in [0.1, 0.15) is 56.2 Å². The van der Waals surface area contributed by atoms with Crippen LogP contribution in [0.25, 0.3) is 0 Å². The van der Waals surface area contributed by atoms with Gasteiger partial charge in [-0.2, -0.15) is 0 Å². The van der Waals surface area contributed by atoms with Crippen LogP contribution in [0.5, 0.6) is 11.5 Å². The van der Waals surface area contributed by atoms with Crippen molar-refractivity contribution in [2.75, 3.05) is 12.4 Å². The van der Waals surface area contributed by atoms with Gasteiger partial charge >= 0.3 is 0 Å². The minimum absolute atomic E-state index is 0. The number of anilines is 2. The second kappa shape index (κ2) is 10.9. The quantitative estimate of drug-likeness (QED) is 0.409. The lowest BCUT2D eigenvalue weighted by Crippen LogP contribution is -2.37. The maximum atomic E-state index is 11.7. The van der Waals surface area contributed by atoms with Gasteiger partial charge in [-0.3, -0.25) is 9.59 Å². The Labute approximate surface area is 200 Å². The van der Waals surface area contributed by atoms with Gasteiger partial charge in [0.2, 0.25) is 0 Å². The number of methoxy groups -OCH3 is 1. The summed E-state index contributed by atoms with van der Waals surface area (Å²) in [7, 11) is 1.65. The van der Waals surface area contributed by atoms with E-state index in [1.54, 1.807) is 7.11 Å². The first-order chi connectivity index (χ1) is 15.5. The predicted molar refractivity (Wildman–Crippen MR) is 134 cm³/mol. The fraction of sp³-hybridized carbons (Fsp3) is 0.385. The molecule has 1 fully saturated rings. The van der Waals surface area contributed by atoms with Crippen molar-refractivity contribution in [2.24, 2.45) is 5.92 Å². The molecule has 0 aliphatic heterocycles. The monoisotopic (exact) mass is 470 g/mol. The van der Waals surface area contributed by atoms with Crippen LogP contribution in [0.2, 0.25) is 0 Å². The van der Waals surface area contributed by atoms with Crippen molar-refractivity contribution >= 4 is 23.8 Å². The lowest BCUT2D eigenvalue weighted by Gasteiger charge is -2.32. The van der Waals surface area contributed by atoms with Crippen LogP contribution in [0.4, 0.5) is 11.4 Å². The summed E-state index contributed by atoms with van der Waals surface area (Å²) in [6.45, 7) is 2.26. The highest BCUT2D eigenvalue weighted by Gasteiger charge is 2.25. The molecule has 0 amide bonds. The van der Waals surface area contributed by atoms with Crippen molar-refractivity contribution in [3.8, 4) is 11.5 Å². The summed E-state index contributed by atoms with van der Waals surface area (Å²) in [4.78, 5) is 23.1. The Morgan fingerprint density at radius 3 is 2.30 bits per heavy atom. The van der Waals surface area contributed by atoms with Crippen molar-refractivity contribution in [3.63, 3.8) is 0 Å². The third-order valence-corrected chi connectivity index (χ3v) is 6.61. The van der Waals surface area contributed by atoms with Crippen LogP contribution >= 0.6 is 12.4 Å². The fourth-order valence-electron chi connectivity index (χ4n) is 4.65. The van der Waals surface area contributed by atoms with Crippen molar-refractivity contribution in [1.82, 2.24) is 5.32 Å². The molecule has 0 bridgehead atoms. The van der Waals surface area contributed by atoms with E-state index in [0.29, 0.717) is 17.6 Å². The summed E-state index contributed by atoms with van der Waals surface area (Å²) in [6.07, 6.45) is 6.38. The second-order valence-electron chi connectivity index (χ2n) is 8.69. The van der Waals surface area contributed by atoms with E-state index in [1.165, 1.54) is 32.1 Å². The second-order valence-corrected chi connectivity index (χ2v) is 8.69. The first kappa shape index (κ1) is 24.8. The Hall–Kier alpha value is -2.83. The van der Waals surface area contributed by atoms with Crippen molar-refractivity contribution in [3.05, 3.63) is 80.1 Å². The van der Waals surface area contributed by atoms with Gasteiger partial charge in [-0.05, 0) is 61.1 Å². The van der Waals surface area contributed by atoms with Gasteiger partial charge in [-0.15, -0.1) is 12.4 Å². The molecule has 1 aliphatic rings. The Morgan fingerprint density at radius 2 is 1.67 bits per heavy atom. The molecule has 33 heavy (non-hydrogen) atoms. The van der Waals surface area contributed by atoms with Gasteiger partial charge < -0.3 is 20.5 Å². The van der Waals surface area contributed by atoms with Crippen LogP contribution in [-0.2, 0) is 0 Å². The number of benzene rings is 2. The topological polar surface area (TPSA) is 87.7 Å². The highest BCUT2D eigenvalue weighted by molar-refractivity contribution is 5.85. The molecule has 3 aromatic carbocycles. The van der Waals surface area contributed by atoms with Gasteiger partial charge in [-0.25, -0.2) is 0 Å². The molecule has 1 saturated carbocycles. The molecule has 7 heteroatoms. The Kier molecular flexibility index (Phi) is 8.16. The molecular weight excluding hydrogens is 440 g/mol. The van der Waals surface area contributed by atoms with Gasteiger partial charge in [0.1, 0.15) is 11.4 Å². The maximum absolute atomic E-state index is 11.7. The van der Waals surface area contributed by atoms with Gasteiger partial charge in [0.25, 0.3) is 10.9 Å².